The van der Waals surface area contributed by atoms with E-state index in [0.29, 0.717) is 0 Å². The van der Waals surface area contributed by atoms with Gasteiger partial charge in [0.2, 0.25) is 0 Å². The van der Waals surface area contributed by atoms with Crippen LogP contribution in [-0.2, 0) is 64.2 Å². The van der Waals surface area contributed by atoms with Crippen molar-refractivity contribution in [3.05, 3.63) is 78.4 Å². The Morgan fingerprint density at radius 1 is 0.206 bits per heavy atom. The number of nitrogens with one attached hydrogen (secondary N) is 5. The SMILES string of the molecule is CCC1=C(CC)c2nc1c1[nH]c(c3nc(c4[nH]c(c(CC)c4CC)c4[nH]c(c(CC)c4CC)c4[nH]c(c(CC)c4CC)c4[nH]c2c(CC)c4CC)C(CC)=C3CC)c(CC)c1CC. The number of nitrogens with zero attached hydrogens (tertiary/aromatic N) is 2. The van der Waals surface area contributed by atoms with Crippen LogP contribution in [0.5, 0.6) is 0 Å². The highest BCUT2D eigenvalue weighted by molar-refractivity contribution is 6.06. The molecule has 14 bridgehead atoms. The van der Waals surface area contributed by atoms with Crippen LogP contribution >= 0.6 is 0 Å². The van der Waals surface area contributed by atoms with E-state index in [-0.39, 0.29) is 0 Å². The molecule has 0 amide bonds. The van der Waals surface area contributed by atoms with Gasteiger partial charge in [0, 0.05) is 0 Å². The number of hydrogen-bond donors (Lipinski definition) is 5. The molecule has 0 saturated carbocycles. The van der Waals surface area contributed by atoms with Crippen molar-refractivity contribution >= 4 is 77.5 Å². The lowest BCUT2D eigenvalue weighted by molar-refractivity contribution is 1.06. The third-order valence-electron chi connectivity index (χ3n) is 15.1. The molecule has 2 aliphatic heterocycles. The Hall–Kier alpha value is -5.04. The van der Waals surface area contributed by atoms with Gasteiger partial charge in [-0.3, -0.25) is 0 Å². The van der Waals surface area contributed by atoms with Crippen molar-refractivity contribution in [1.29, 1.82) is 0 Å². The van der Waals surface area contributed by atoms with E-state index in [1.807, 2.05) is 0 Å². The Bertz CT molecular complexity index is 2840. The second-order valence-electron chi connectivity index (χ2n) is 17.6. The average molecular weight is 846 g/mol. The van der Waals surface area contributed by atoms with Gasteiger partial charge in [-0.15, -0.1) is 0 Å². The van der Waals surface area contributed by atoms with Crippen LogP contribution in [0.1, 0.15) is 201 Å². The first-order chi connectivity index (χ1) is 30.7. The van der Waals surface area contributed by atoms with Gasteiger partial charge in [0.1, 0.15) is 0 Å². The molecule has 2 aliphatic rings. The summed E-state index contributed by atoms with van der Waals surface area (Å²) in [4.78, 5) is 32.4. The lowest BCUT2D eigenvalue weighted by Gasteiger charge is -2.06. The lowest BCUT2D eigenvalue weighted by Crippen LogP contribution is -1.91. The number of aromatic amines is 5. The number of aryl methyl sites for hydroxylation is 10. The van der Waals surface area contributed by atoms with E-state index in [0.717, 1.165) is 113 Å². The van der Waals surface area contributed by atoms with Crippen LogP contribution in [0.3, 0.4) is 0 Å². The summed E-state index contributed by atoms with van der Waals surface area (Å²) in [5, 5.41) is 0. The van der Waals surface area contributed by atoms with E-state index >= 15 is 0 Å². The number of hydrogen-bond acceptors (Lipinski definition) is 2. The topological polar surface area (TPSA) is 105 Å². The summed E-state index contributed by atoms with van der Waals surface area (Å²) in [6.07, 6.45) is 13.1. The molecule has 0 aliphatic carbocycles. The molecular weight excluding hydrogens is 771 g/mol. The van der Waals surface area contributed by atoms with Gasteiger partial charge >= 0.3 is 0 Å². The van der Waals surface area contributed by atoms with Crippen LogP contribution in [0.4, 0.5) is 0 Å². The van der Waals surface area contributed by atoms with Crippen molar-refractivity contribution in [3.8, 4) is 0 Å². The van der Waals surface area contributed by atoms with Gasteiger partial charge in [-0.25, -0.2) is 9.97 Å². The molecule has 6 aromatic heterocycles. The molecule has 7 nitrogen and oxygen atoms in total. The highest BCUT2D eigenvalue weighted by atomic mass is 14.9. The van der Waals surface area contributed by atoms with Crippen LogP contribution in [0.25, 0.3) is 77.5 Å². The van der Waals surface area contributed by atoms with Crippen molar-refractivity contribution < 1.29 is 0 Å². The minimum Gasteiger partial charge on any atom is -0.352 e. The number of rotatable bonds is 14. The van der Waals surface area contributed by atoms with Gasteiger partial charge < -0.3 is 24.9 Å². The Morgan fingerprint density at radius 3 is 0.508 bits per heavy atom. The van der Waals surface area contributed by atoms with Gasteiger partial charge in [-0.1, -0.05) is 96.9 Å². The van der Waals surface area contributed by atoms with Crippen LogP contribution < -0.4 is 0 Å². The fourth-order valence-corrected chi connectivity index (χ4v) is 12.3. The van der Waals surface area contributed by atoms with Crippen molar-refractivity contribution in [3.63, 3.8) is 0 Å². The Kier molecular flexibility index (Phi) is 12.6. The fourth-order valence-electron chi connectivity index (χ4n) is 12.3. The summed E-state index contributed by atoms with van der Waals surface area (Å²) in [5.41, 5.74) is 36.1. The van der Waals surface area contributed by atoms with Gasteiger partial charge in [-0.05, 0) is 168 Å². The second-order valence-corrected chi connectivity index (χ2v) is 17.6. The van der Waals surface area contributed by atoms with Crippen LogP contribution in [0, 0.1) is 0 Å². The minimum absolute atomic E-state index is 0.922. The van der Waals surface area contributed by atoms with Crippen LogP contribution in [-0.4, -0.2) is 34.9 Å². The Labute approximate surface area is 376 Å². The van der Waals surface area contributed by atoms with Crippen molar-refractivity contribution in [2.45, 2.75) is 187 Å². The summed E-state index contributed by atoms with van der Waals surface area (Å²) < 4.78 is 0. The first-order valence-corrected chi connectivity index (χ1v) is 25.2. The number of aromatic nitrogens is 7. The fraction of sp³-hybridized carbons (Fsp3) is 0.500. The zero-order valence-electron chi connectivity index (χ0n) is 41.3. The molecule has 7 heteroatoms. The molecule has 8 rings (SSSR count). The molecule has 0 fully saturated rings. The summed E-state index contributed by atoms with van der Waals surface area (Å²) in [6.45, 7) is 32.6. The second kappa shape index (κ2) is 17.9. The maximum atomic E-state index is 5.80. The minimum atomic E-state index is 0.922. The zero-order valence-corrected chi connectivity index (χ0v) is 41.3. The molecule has 0 unspecified atom stereocenters. The van der Waals surface area contributed by atoms with Crippen LogP contribution in [0.2, 0.25) is 0 Å². The largest absolute Gasteiger partial charge is 0.352 e. The van der Waals surface area contributed by atoms with E-state index in [9.17, 15) is 0 Å². The van der Waals surface area contributed by atoms with E-state index in [1.165, 1.54) is 133 Å². The quantitative estimate of drug-likeness (QED) is 0.0753. The molecule has 5 N–H and O–H groups in total. The van der Waals surface area contributed by atoms with E-state index in [2.05, 4.69) is 122 Å². The third-order valence-corrected chi connectivity index (χ3v) is 15.1. The summed E-state index contributed by atoms with van der Waals surface area (Å²) in [7, 11) is 0. The first-order valence-electron chi connectivity index (χ1n) is 25.2. The first kappa shape index (κ1) is 44.6. The summed E-state index contributed by atoms with van der Waals surface area (Å²) in [6, 6.07) is 0. The van der Waals surface area contributed by atoms with Crippen LogP contribution in [0.15, 0.2) is 0 Å². The van der Waals surface area contributed by atoms with Gasteiger partial charge in [0.05, 0.1) is 77.9 Å². The molecule has 63 heavy (non-hydrogen) atoms. The number of allylic oxidation sites excluding steroid dienone is 4. The van der Waals surface area contributed by atoms with E-state index < -0.39 is 0 Å². The Balaban J connectivity index is 1.75. The zero-order chi connectivity index (χ0) is 45.0. The molecule has 0 saturated heterocycles. The highest BCUT2D eigenvalue weighted by Crippen LogP contribution is 2.45. The molecule has 0 spiro atoms. The van der Waals surface area contributed by atoms with Crippen molar-refractivity contribution in [1.82, 2.24) is 34.9 Å². The highest BCUT2D eigenvalue weighted by Gasteiger charge is 2.30. The molecule has 0 aromatic carbocycles. The molecule has 334 valence electrons. The predicted octanol–water partition coefficient (Wildman–Crippen LogP) is 15.4. The third kappa shape index (κ3) is 6.48. The van der Waals surface area contributed by atoms with Crippen molar-refractivity contribution in [2.24, 2.45) is 0 Å². The lowest BCUT2D eigenvalue weighted by atomic mass is 9.95. The maximum Gasteiger partial charge on any atom is 0.0911 e. The van der Waals surface area contributed by atoms with E-state index in [4.69, 9.17) is 9.97 Å². The normalized spacial score (nSPS) is 13.4. The molecule has 0 atom stereocenters. The molecular formula is C56H75N7. The van der Waals surface area contributed by atoms with Crippen molar-refractivity contribution in [2.75, 3.05) is 0 Å². The predicted molar refractivity (Wildman–Crippen MR) is 274 cm³/mol. The smallest absolute Gasteiger partial charge is 0.0911 e. The summed E-state index contributed by atoms with van der Waals surface area (Å²) >= 11 is 0. The average Bonchev–Trinajstić information content (AvgIpc) is 4.17. The van der Waals surface area contributed by atoms with Gasteiger partial charge in [-0.2, -0.15) is 0 Å². The number of H-pyrrole nitrogens is 5. The van der Waals surface area contributed by atoms with Gasteiger partial charge in [0.25, 0.3) is 0 Å². The maximum absolute atomic E-state index is 5.80. The molecule has 0 radical (unpaired) electrons. The Morgan fingerprint density at radius 2 is 0.349 bits per heavy atom. The number of fused-ring (bicyclic) bond motifs is 21. The molecule has 6 aromatic rings. The molecule has 8 heterocycles. The monoisotopic (exact) mass is 846 g/mol. The summed E-state index contributed by atoms with van der Waals surface area (Å²) in [5.74, 6) is 0. The van der Waals surface area contributed by atoms with E-state index in [1.54, 1.807) is 0 Å². The standard InChI is InChI=1S/C56H75N7/c1-15-29-30(16-2)44-46-33(19-5)34(20-6)49(59-46)50-37(23-9)38(24-10)53(61-50)54-41(27-13)42(28-14)56(63-54)55-40(26-12)39(25-11)52(62-55)51-36(22-8)35(21-7)48(60-51)47-32(18-4)31(17-3)45(58-47)43(29)57-44/h57-60,63H,15-28H2,1-14H3. The van der Waals surface area contributed by atoms with Gasteiger partial charge in [0.15, 0.2) is 0 Å².